The van der Waals surface area contributed by atoms with E-state index in [1.54, 1.807) is 6.20 Å². The first-order valence-electron chi connectivity index (χ1n) is 14.8. The number of nitrogens with one attached hydrogen (secondary N) is 1. The van der Waals surface area contributed by atoms with E-state index in [2.05, 4.69) is 42.3 Å². The lowest BCUT2D eigenvalue weighted by Crippen LogP contribution is -2.15. The highest BCUT2D eigenvalue weighted by Crippen LogP contribution is 2.27. The van der Waals surface area contributed by atoms with Gasteiger partial charge < -0.3 is 9.62 Å². The molecule has 0 aliphatic carbocycles. The van der Waals surface area contributed by atoms with Crippen LogP contribution in [0.5, 0.6) is 0 Å². The zero-order chi connectivity index (χ0) is 28.0. The summed E-state index contributed by atoms with van der Waals surface area (Å²) in [5, 5.41) is 5.10. The third-order valence-corrected chi connectivity index (χ3v) is 6.95. The van der Waals surface area contributed by atoms with Gasteiger partial charge in [-0.25, -0.2) is 0 Å². The molecule has 2 aromatic carbocycles. The van der Waals surface area contributed by atoms with Crippen LogP contribution in [0.15, 0.2) is 60.9 Å². The zero-order valence-electron chi connectivity index (χ0n) is 24.8. The van der Waals surface area contributed by atoms with E-state index in [4.69, 9.17) is 0 Å². The Balaban J connectivity index is 0.000000512. The zero-order valence-corrected chi connectivity index (χ0v) is 25.6. The third-order valence-electron chi connectivity index (χ3n) is 5.78. The number of amides is 1. The van der Waals surface area contributed by atoms with Crippen molar-refractivity contribution < 1.29 is 4.79 Å². The summed E-state index contributed by atoms with van der Waals surface area (Å²) in [5.41, 5.74) is 2.64. The lowest BCUT2D eigenvalue weighted by Gasteiger charge is -2.21. The number of nitrogens with zero attached hydrogens (tertiary/aromatic N) is 2. The average molecular weight is 538 g/mol. The van der Waals surface area contributed by atoms with Gasteiger partial charge in [0, 0.05) is 47.0 Å². The van der Waals surface area contributed by atoms with Crippen LogP contribution in [0, 0.1) is 0 Å². The van der Waals surface area contributed by atoms with Gasteiger partial charge in [-0.1, -0.05) is 92.6 Å². The Morgan fingerprint density at radius 3 is 2.21 bits per heavy atom. The van der Waals surface area contributed by atoms with Gasteiger partial charge in [0.25, 0.3) is 5.91 Å². The van der Waals surface area contributed by atoms with E-state index in [0.29, 0.717) is 5.56 Å². The van der Waals surface area contributed by atoms with Gasteiger partial charge in [-0.2, -0.15) is 0 Å². The van der Waals surface area contributed by atoms with Crippen molar-refractivity contribution in [2.45, 2.75) is 99.3 Å². The van der Waals surface area contributed by atoms with Crippen LogP contribution in [-0.4, -0.2) is 23.2 Å². The molecule has 1 amide bonds. The van der Waals surface area contributed by atoms with Crippen molar-refractivity contribution in [2.75, 3.05) is 21.9 Å². The molecular weight excluding hydrogens is 486 g/mol. The molecule has 1 fully saturated rings. The van der Waals surface area contributed by atoms with E-state index < -0.39 is 0 Å². The Kier molecular flexibility index (Phi) is 18.9. The molecule has 0 bridgehead atoms. The number of aromatic nitrogens is 1. The lowest BCUT2D eigenvalue weighted by molar-refractivity contribution is 0.102. The fourth-order valence-electron chi connectivity index (χ4n) is 3.80. The van der Waals surface area contributed by atoms with Crippen LogP contribution in [0.2, 0.25) is 0 Å². The summed E-state index contributed by atoms with van der Waals surface area (Å²) >= 11 is 1.88. The molecule has 3 aromatic rings. The van der Waals surface area contributed by atoms with Crippen molar-refractivity contribution in [2.24, 2.45) is 0 Å². The second-order valence-electron chi connectivity index (χ2n) is 9.20. The molecule has 0 unspecified atom stereocenters. The molecule has 1 N–H and O–H groups in total. The summed E-state index contributed by atoms with van der Waals surface area (Å²) in [5.74, 6) is 1.08. The van der Waals surface area contributed by atoms with E-state index in [1.807, 2.05) is 80.5 Å². The van der Waals surface area contributed by atoms with Gasteiger partial charge in [-0.15, -0.1) is 0 Å². The van der Waals surface area contributed by atoms with E-state index >= 15 is 0 Å². The van der Waals surface area contributed by atoms with Crippen LogP contribution in [-0.2, 0) is 0 Å². The first kappa shape index (κ1) is 33.5. The number of hydrogen-bond donors (Lipinski definition) is 1. The second-order valence-corrected chi connectivity index (χ2v) is 10.3. The Bertz CT molecular complexity index is 995. The van der Waals surface area contributed by atoms with Crippen molar-refractivity contribution in [3.8, 4) is 0 Å². The maximum atomic E-state index is 12.6. The molecule has 0 radical (unpaired) electrons. The molecule has 1 saturated heterocycles. The molecule has 4 rings (SSSR count). The second kappa shape index (κ2) is 21.4. The van der Waals surface area contributed by atoms with E-state index in [1.165, 1.54) is 69.2 Å². The highest BCUT2D eigenvalue weighted by molar-refractivity contribution is 8.00. The topological polar surface area (TPSA) is 45.2 Å². The highest BCUT2D eigenvalue weighted by atomic mass is 32.2. The van der Waals surface area contributed by atoms with Crippen LogP contribution < -0.4 is 9.62 Å². The van der Waals surface area contributed by atoms with Gasteiger partial charge in [0.05, 0.1) is 0 Å². The number of benzene rings is 2. The number of hydrogen-bond acceptors (Lipinski definition) is 4. The third kappa shape index (κ3) is 12.8. The molecule has 38 heavy (non-hydrogen) atoms. The van der Waals surface area contributed by atoms with E-state index in [0.717, 1.165) is 23.0 Å². The minimum Gasteiger partial charge on any atom is -0.322 e. The van der Waals surface area contributed by atoms with Crippen molar-refractivity contribution >= 4 is 40.0 Å². The van der Waals surface area contributed by atoms with E-state index in [9.17, 15) is 4.79 Å². The van der Waals surface area contributed by atoms with Crippen LogP contribution in [0.25, 0.3) is 10.8 Å². The van der Waals surface area contributed by atoms with Crippen LogP contribution in [0.1, 0.15) is 110 Å². The normalized spacial score (nSPS) is 12.5. The number of anilines is 2. The fourth-order valence-corrected chi connectivity index (χ4v) is 4.88. The number of rotatable bonds is 7. The molecule has 5 heteroatoms. The maximum absolute atomic E-state index is 12.6. The van der Waals surface area contributed by atoms with Crippen LogP contribution in [0.4, 0.5) is 11.4 Å². The summed E-state index contributed by atoms with van der Waals surface area (Å²) in [6.45, 7) is 13.8. The molecule has 2 heterocycles. The predicted octanol–water partition coefficient (Wildman–Crippen LogP) is 10.5. The standard InChI is InChI=1S/C21H21N3OS.C7H16.C3H8.C2H6/c25-21(23-19-7-4-18-15-22-11-10-17(18)14-19)16-5-8-20(9-6-16)24-12-2-1-3-13-26-24;1-3-5-7-6-4-2;1-3-2;1-2/h4-11,14-15H,1-3,12-13H2,(H,23,25);3-7H2,1-2H3;3H2,1-2H3;1-2H3. The molecule has 1 aliphatic rings. The van der Waals surface area contributed by atoms with Gasteiger partial charge in [0.2, 0.25) is 0 Å². The summed E-state index contributed by atoms with van der Waals surface area (Å²) in [6, 6.07) is 15.7. The highest BCUT2D eigenvalue weighted by Gasteiger charge is 2.12. The minimum atomic E-state index is -0.0894. The Morgan fingerprint density at radius 1 is 0.868 bits per heavy atom. The first-order chi connectivity index (χ1) is 18.6. The number of carbonyl (C=O) groups is 1. The molecule has 0 saturated carbocycles. The van der Waals surface area contributed by atoms with Crippen LogP contribution in [0.3, 0.4) is 0 Å². The van der Waals surface area contributed by atoms with Crippen molar-refractivity contribution in [1.29, 1.82) is 0 Å². The Labute approximate surface area is 237 Å². The molecule has 1 aromatic heterocycles. The molecule has 4 nitrogen and oxygen atoms in total. The van der Waals surface area contributed by atoms with Gasteiger partial charge in [0.15, 0.2) is 0 Å². The van der Waals surface area contributed by atoms with Crippen molar-refractivity contribution in [3.63, 3.8) is 0 Å². The summed E-state index contributed by atoms with van der Waals surface area (Å²) in [6.07, 6.45) is 15.6. The molecule has 0 atom stereocenters. The van der Waals surface area contributed by atoms with Gasteiger partial charge in [-0.3, -0.25) is 9.78 Å². The monoisotopic (exact) mass is 537 g/mol. The Morgan fingerprint density at radius 2 is 1.55 bits per heavy atom. The van der Waals surface area contributed by atoms with Gasteiger partial charge in [-0.05, 0) is 72.6 Å². The smallest absolute Gasteiger partial charge is 0.255 e. The quantitative estimate of drug-likeness (QED) is 0.240. The lowest BCUT2D eigenvalue weighted by atomic mass is 10.1. The maximum Gasteiger partial charge on any atom is 0.255 e. The SMILES string of the molecule is CC.CCC.CCCCCCC.O=C(Nc1ccc2cnccc2c1)c1ccc(N2CCCCCS2)cc1. The molecule has 0 spiro atoms. The number of unbranched alkanes of at least 4 members (excludes halogenated alkanes) is 4. The Hall–Kier alpha value is -2.53. The average Bonchev–Trinajstić information content (AvgIpc) is 3.25. The number of fused-ring (bicyclic) bond motifs is 1. The van der Waals surface area contributed by atoms with Gasteiger partial charge in [0.1, 0.15) is 0 Å². The van der Waals surface area contributed by atoms with Crippen LogP contribution >= 0.6 is 11.9 Å². The summed E-state index contributed by atoms with van der Waals surface area (Å²) in [7, 11) is 0. The number of carbonyl (C=O) groups excluding carboxylic acids is 1. The molecule has 210 valence electrons. The largest absolute Gasteiger partial charge is 0.322 e. The van der Waals surface area contributed by atoms with E-state index in [-0.39, 0.29) is 5.91 Å². The molecular formula is C33H51N3OS. The first-order valence-corrected chi connectivity index (χ1v) is 15.7. The van der Waals surface area contributed by atoms with Crippen molar-refractivity contribution in [1.82, 2.24) is 4.98 Å². The molecule has 1 aliphatic heterocycles. The summed E-state index contributed by atoms with van der Waals surface area (Å²) in [4.78, 5) is 16.7. The van der Waals surface area contributed by atoms with Gasteiger partial charge >= 0.3 is 0 Å². The fraction of sp³-hybridized carbons (Fsp3) is 0.515. The predicted molar refractivity (Wildman–Crippen MR) is 172 cm³/mol. The summed E-state index contributed by atoms with van der Waals surface area (Å²) < 4.78 is 2.34. The van der Waals surface area contributed by atoms with Crippen molar-refractivity contribution in [3.05, 3.63) is 66.5 Å². The minimum absolute atomic E-state index is 0.0894. The number of pyridine rings is 1.